The van der Waals surface area contributed by atoms with Gasteiger partial charge in [0.2, 0.25) is 0 Å². The topological polar surface area (TPSA) is 0 Å². The molecule has 0 amide bonds. The Morgan fingerprint density at radius 2 is 1.15 bits per heavy atom. The fourth-order valence-corrected chi connectivity index (χ4v) is 3.75. The van der Waals surface area contributed by atoms with Crippen LogP contribution in [0.15, 0.2) is 91.0 Å². The predicted molar refractivity (Wildman–Crippen MR) is 113 cm³/mol. The van der Waals surface area contributed by atoms with Crippen molar-refractivity contribution in [1.82, 2.24) is 0 Å². The molecule has 0 atom stereocenters. The molecule has 0 aromatic heterocycles. The lowest BCUT2D eigenvalue weighted by atomic mass is 9.76. The zero-order valence-corrected chi connectivity index (χ0v) is 15.7. The summed E-state index contributed by atoms with van der Waals surface area (Å²) < 4.78 is 0. The number of hydrogen-bond acceptors (Lipinski definition) is 0. The fourth-order valence-electron chi connectivity index (χ4n) is 3.75. The van der Waals surface area contributed by atoms with Gasteiger partial charge in [-0.25, -0.2) is 0 Å². The van der Waals surface area contributed by atoms with E-state index in [1.807, 2.05) is 0 Å². The van der Waals surface area contributed by atoms with Gasteiger partial charge in [0, 0.05) is 5.41 Å². The number of fused-ring (bicyclic) bond motifs is 1. The highest BCUT2D eigenvalue weighted by molar-refractivity contribution is 5.87. The highest BCUT2D eigenvalue weighted by atomic mass is 14.3. The molecule has 0 saturated carbocycles. The second kappa shape index (κ2) is 6.46. The summed E-state index contributed by atoms with van der Waals surface area (Å²) in [7, 11) is 0. The molecule has 0 saturated heterocycles. The molecule has 0 nitrogen and oxygen atoms in total. The summed E-state index contributed by atoms with van der Waals surface area (Å²) >= 11 is 0. The van der Waals surface area contributed by atoms with Crippen molar-refractivity contribution in [2.75, 3.05) is 0 Å². The average Bonchev–Trinajstić information content (AvgIpc) is 2.68. The monoisotopic (exact) mass is 336 g/mol. The Morgan fingerprint density at radius 3 is 1.85 bits per heavy atom. The molecule has 0 fully saturated rings. The summed E-state index contributed by atoms with van der Waals surface area (Å²) in [4.78, 5) is 0. The summed E-state index contributed by atoms with van der Waals surface area (Å²) in [6.07, 6.45) is 0. The lowest BCUT2D eigenvalue weighted by Gasteiger charge is -2.28. The van der Waals surface area contributed by atoms with Crippen molar-refractivity contribution < 1.29 is 0 Å². The van der Waals surface area contributed by atoms with E-state index in [9.17, 15) is 0 Å². The van der Waals surface area contributed by atoms with Crippen molar-refractivity contribution in [3.05, 3.63) is 108 Å². The molecule has 0 heterocycles. The maximum absolute atomic E-state index is 2.32. The molecule has 0 N–H and O–H groups in total. The SMILES string of the molecule is Cc1ccc(-c2ccc(C(C)(C)c3cccc4ccccc34)cc2)cc1. The minimum Gasteiger partial charge on any atom is -0.0616 e. The van der Waals surface area contributed by atoms with E-state index in [1.165, 1.54) is 38.6 Å². The van der Waals surface area contributed by atoms with Crippen molar-refractivity contribution in [3.63, 3.8) is 0 Å². The van der Waals surface area contributed by atoms with Gasteiger partial charge in [-0.2, -0.15) is 0 Å². The van der Waals surface area contributed by atoms with Crippen molar-refractivity contribution in [3.8, 4) is 11.1 Å². The summed E-state index contributed by atoms with van der Waals surface area (Å²) in [5, 5.41) is 2.64. The molecule has 0 aliphatic heterocycles. The van der Waals surface area contributed by atoms with Gasteiger partial charge in [-0.15, -0.1) is 0 Å². The van der Waals surface area contributed by atoms with Crippen molar-refractivity contribution in [2.24, 2.45) is 0 Å². The van der Waals surface area contributed by atoms with E-state index in [2.05, 4.69) is 112 Å². The fraction of sp³-hybridized carbons (Fsp3) is 0.154. The predicted octanol–water partition coefficient (Wildman–Crippen LogP) is 7.14. The van der Waals surface area contributed by atoms with Gasteiger partial charge in [-0.05, 0) is 39.9 Å². The van der Waals surface area contributed by atoms with Crippen LogP contribution in [-0.4, -0.2) is 0 Å². The van der Waals surface area contributed by atoms with E-state index < -0.39 is 0 Å². The Hall–Kier alpha value is -2.86. The van der Waals surface area contributed by atoms with Gasteiger partial charge in [-0.1, -0.05) is 110 Å². The molecule has 4 aromatic carbocycles. The normalized spacial score (nSPS) is 11.7. The molecule has 0 aliphatic carbocycles. The first kappa shape index (κ1) is 16.6. The number of rotatable bonds is 3. The van der Waals surface area contributed by atoms with Crippen LogP contribution in [0.4, 0.5) is 0 Å². The Balaban J connectivity index is 1.75. The van der Waals surface area contributed by atoms with E-state index in [0.717, 1.165) is 0 Å². The molecular weight excluding hydrogens is 312 g/mol. The van der Waals surface area contributed by atoms with Crippen LogP contribution < -0.4 is 0 Å². The molecule has 0 spiro atoms. The lowest BCUT2D eigenvalue weighted by Crippen LogP contribution is -2.19. The van der Waals surface area contributed by atoms with Crippen LogP contribution >= 0.6 is 0 Å². The summed E-state index contributed by atoms with van der Waals surface area (Å²) in [5.41, 5.74) is 6.49. The van der Waals surface area contributed by atoms with Gasteiger partial charge >= 0.3 is 0 Å². The molecule has 0 radical (unpaired) electrons. The van der Waals surface area contributed by atoms with Gasteiger partial charge in [0.05, 0.1) is 0 Å². The van der Waals surface area contributed by atoms with Crippen LogP contribution in [0.2, 0.25) is 0 Å². The summed E-state index contributed by atoms with van der Waals surface area (Å²) in [6.45, 7) is 6.75. The largest absolute Gasteiger partial charge is 0.0616 e. The second-order valence-electron chi connectivity index (χ2n) is 7.60. The minimum atomic E-state index is -0.0489. The molecule has 4 rings (SSSR count). The smallest absolute Gasteiger partial charge is 0.0152 e. The van der Waals surface area contributed by atoms with Gasteiger partial charge < -0.3 is 0 Å². The van der Waals surface area contributed by atoms with E-state index in [0.29, 0.717) is 0 Å². The van der Waals surface area contributed by atoms with Crippen LogP contribution in [0.3, 0.4) is 0 Å². The van der Waals surface area contributed by atoms with E-state index in [-0.39, 0.29) is 5.41 Å². The van der Waals surface area contributed by atoms with Gasteiger partial charge in [0.1, 0.15) is 0 Å². The number of benzene rings is 4. The Kier molecular flexibility index (Phi) is 4.12. The molecule has 128 valence electrons. The summed E-state index contributed by atoms with van der Waals surface area (Å²) in [5.74, 6) is 0. The maximum Gasteiger partial charge on any atom is 0.0152 e. The Labute approximate surface area is 156 Å². The molecular formula is C26H24. The van der Waals surface area contributed by atoms with Gasteiger partial charge in [-0.3, -0.25) is 0 Å². The number of hydrogen-bond donors (Lipinski definition) is 0. The molecule has 0 heteroatoms. The van der Waals surface area contributed by atoms with Gasteiger partial charge in [0.25, 0.3) is 0 Å². The average molecular weight is 336 g/mol. The zero-order chi connectivity index (χ0) is 18.1. The molecule has 0 unspecified atom stereocenters. The van der Waals surface area contributed by atoms with Crippen LogP contribution in [-0.2, 0) is 5.41 Å². The second-order valence-corrected chi connectivity index (χ2v) is 7.60. The first-order valence-electron chi connectivity index (χ1n) is 9.21. The molecule has 4 aromatic rings. The quantitative estimate of drug-likeness (QED) is 0.373. The summed E-state index contributed by atoms with van der Waals surface area (Å²) in [6, 6.07) is 33.0. The van der Waals surface area contributed by atoms with E-state index in [1.54, 1.807) is 0 Å². The third-order valence-electron chi connectivity index (χ3n) is 5.45. The first-order chi connectivity index (χ1) is 12.6. The van der Waals surface area contributed by atoms with E-state index in [4.69, 9.17) is 0 Å². The highest BCUT2D eigenvalue weighted by Crippen LogP contribution is 2.36. The van der Waals surface area contributed by atoms with Crippen molar-refractivity contribution in [1.29, 1.82) is 0 Å². The van der Waals surface area contributed by atoms with Crippen LogP contribution in [0.1, 0.15) is 30.5 Å². The first-order valence-corrected chi connectivity index (χ1v) is 9.21. The molecule has 0 bridgehead atoms. The third kappa shape index (κ3) is 2.93. The van der Waals surface area contributed by atoms with Gasteiger partial charge in [0.15, 0.2) is 0 Å². The third-order valence-corrected chi connectivity index (χ3v) is 5.45. The Morgan fingerprint density at radius 1 is 0.577 bits per heavy atom. The number of aryl methyl sites for hydroxylation is 1. The molecule has 26 heavy (non-hydrogen) atoms. The lowest BCUT2D eigenvalue weighted by molar-refractivity contribution is 0.647. The van der Waals surface area contributed by atoms with Crippen LogP contribution in [0.5, 0.6) is 0 Å². The molecule has 0 aliphatic rings. The minimum absolute atomic E-state index is 0.0489. The van der Waals surface area contributed by atoms with Crippen molar-refractivity contribution >= 4 is 10.8 Å². The van der Waals surface area contributed by atoms with Crippen LogP contribution in [0, 0.1) is 6.92 Å². The Bertz CT molecular complexity index is 1030. The standard InChI is InChI=1S/C26H24/c1-19-11-13-20(14-12-19)21-15-17-23(18-16-21)26(2,3)25-10-6-8-22-7-4-5-9-24(22)25/h4-18H,1-3H3. The van der Waals surface area contributed by atoms with Crippen LogP contribution in [0.25, 0.3) is 21.9 Å². The van der Waals surface area contributed by atoms with E-state index >= 15 is 0 Å². The van der Waals surface area contributed by atoms with Crippen molar-refractivity contribution in [2.45, 2.75) is 26.2 Å². The highest BCUT2D eigenvalue weighted by Gasteiger charge is 2.24. The zero-order valence-electron chi connectivity index (χ0n) is 15.7. The maximum atomic E-state index is 2.32.